The number of hydrogen-bond donors (Lipinski definition) is 2. The number of amides is 1. The molecule has 2 aromatic rings. The maximum atomic E-state index is 11.8. The standard InChI is InChI=1S/C15H17BrN2O/c1-11(12-5-3-2-4-6-12)7-8-17-15(19)14-9-13(16)10-18-14/h2-6,9-11,18H,7-8H2,1H3,(H,17,19). The van der Waals surface area contributed by atoms with E-state index in [9.17, 15) is 4.79 Å². The summed E-state index contributed by atoms with van der Waals surface area (Å²) in [5.41, 5.74) is 1.89. The van der Waals surface area contributed by atoms with E-state index < -0.39 is 0 Å². The molecule has 0 saturated heterocycles. The highest BCUT2D eigenvalue weighted by Crippen LogP contribution is 2.17. The number of benzene rings is 1. The normalized spacial score (nSPS) is 12.1. The van der Waals surface area contributed by atoms with Crippen LogP contribution in [0.3, 0.4) is 0 Å². The van der Waals surface area contributed by atoms with Gasteiger partial charge in [0.2, 0.25) is 0 Å². The third-order valence-electron chi connectivity index (χ3n) is 3.12. The fourth-order valence-electron chi connectivity index (χ4n) is 1.94. The molecule has 0 radical (unpaired) electrons. The van der Waals surface area contributed by atoms with Crippen molar-refractivity contribution in [3.63, 3.8) is 0 Å². The lowest BCUT2D eigenvalue weighted by Gasteiger charge is -2.12. The van der Waals surface area contributed by atoms with Gasteiger partial charge < -0.3 is 10.3 Å². The average Bonchev–Trinajstić information content (AvgIpc) is 2.86. The smallest absolute Gasteiger partial charge is 0.267 e. The first-order chi connectivity index (χ1) is 9.16. The molecule has 100 valence electrons. The van der Waals surface area contributed by atoms with Crippen molar-refractivity contribution >= 4 is 21.8 Å². The average molecular weight is 321 g/mol. The van der Waals surface area contributed by atoms with Gasteiger partial charge in [0.1, 0.15) is 5.69 Å². The summed E-state index contributed by atoms with van der Waals surface area (Å²) in [5, 5.41) is 2.92. The largest absolute Gasteiger partial charge is 0.356 e. The van der Waals surface area contributed by atoms with Crippen LogP contribution in [0.5, 0.6) is 0 Å². The number of rotatable bonds is 5. The molecule has 0 fully saturated rings. The van der Waals surface area contributed by atoms with Gasteiger partial charge in [0.05, 0.1) is 0 Å². The molecule has 2 N–H and O–H groups in total. The first-order valence-electron chi connectivity index (χ1n) is 6.34. The van der Waals surface area contributed by atoms with Crippen LogP contribution in [0, 0.1) is 0 Å². The van der Waals surface area contributed by atoms with E-state index in [-0.39, 0.29) is 5.91 Å². The lowest BCUT2D eigenvalue weighted by atomic mass is 9.98. The first kappa shape index (κ1) is 13.9. The molecule has 1 aromatic carbocycles. The van der Waals surface area contributed by atoms with E-state index in [0.29, 0.717) is 18.2 Å². The lowest BCUT2D eigenvalue weighted by Crippen LogP contribution is -2.25. The number of aromatic nitrogens is 1. The molecule has 0 aliphatic heterocycles. The van der Waals surface area contributed by atoms with Gasteiger partial charge in [-0.1, -0.05) is 37.3 Å². The van der Waals surface area contributed by atoms with Crippen molar-refractivity contribution in [2.75, 3.05) is 6.54 Å². The minimum atomic E-state index is -0.0639. The van der Waals surface area contributed by atoms with Gasteiger partial charge in [-0.05, 0) is 39.9 Å². The highest BCUT2D eigenvalue weighted by atomic mass is 79.9. The van der Waals surface area contributed by atoms with E-state index in [0.717, 1.165) is 10.9 Å². The Hall–Kier alpha value is -1.55. The number of carbonyl (C=O) groups excluding carboxylic acids is 1. The molecule has 0 aliphatic carbocycles. The summed E-state index contributed by atoms with van der Waals surface area (Å²) in [5.74, 6) is 0.378. The second kappa shape index (κ2) is 6.57. The molecular formula is C15H17BrN2O. The molecule has 1 amide bonds. The minimum Gasteiger partial charge on any atom is -0.356 e. The van der Waals surface area contributed by atoms with E-state index in [1.807, 2.05) is 18.2 Å². The highest BCUT2D eigenvalue weighted by molar-refractivity contribution is 9.10. The van der Waals surface area contributed by atoms with Crippen molar-refractivity contribution < 1.29 is 4.79 Å². The molecule has 1 unspecified atom stereocenters. The zero-order chi connectivity index (χ0) is 13.7. The summed E-state index contributed by atoms with van der Waals surface area (Å²) in [4.78, 5) is 14.7. The Bertz CT molecular complexity index is 536. The third kappa shape index (κ3) is 3.96. The van der Waals surface area contributed by atoms with Gasteiger partial charge in [-0.3, -0.25) is 4.79 Å². The Kier molecular flexibility index (Phi) is 4.80. The van der Waals surface area contributed by atoms with Crippen LogP contribution in [0.2, 0.25) is 0 Å². The zero-order valence-electron chi connectivity index (χ0n) is 10.8. The van der Waals surface area contributed by atoms with Gasteiger partial charge in [0.25, 0.3) is 5.91 Å². The van der Waals surface area contributed by atoms with Gasteiger partial charge in [-0.25, -0.2) is 0 Å². The third-order valence-corrected chi connectivity index (χ3v) is 3.58. The van der Waals surface area contributed by atoms with Crippen molar-refractivity contribution in [3.8, 4) is 0 Å². The molecule has 1 heterocycles. The number of hydrogen-bond acceptors (Lipinski definition) is 1. The molecule has 0 spiro atoms. The predicted octanol–water partition coefficient (Wildman–Crippen LogP) is 3.70. The monoisotopic (exact) mass is 320 g/mol. The van der Waals surface area contributed by atoms with Gasteiger partial charge >= 0.3 is 0 Å². The minimum absolute atomic E-state index is 0.0639. The van der Waals surface area contributed by atoms with Crippen LogP contribution in [0.4, 0.5) is 0 Å². The van der Waals surface area contributed by atoms with E-state index in [2.05, 4.69) is 45.3 Å². The first-order valence-corrected chi connectivity index (χ1v) is 7.13. The molecule has 0 aliphatic rings. The van der Waals surface area contributed by atoms with E-state index in [1.165, 1.54) is 5.56 Å². The van der Waals surface area contributed by atoms with Crippen molar-refractivity contribution in [1.29, 1.82) is 0 Å². The summed E-state index contributed by atoms with van der Waals surface area (Å²) in [6.45, 7) is 2.85. The van der Waals surface area contributed by atoms with Crippen molar-refractivity contribution in [3.05, 3.63) is 58.3 Å². The summed E-state index contributed by atoms with van der Waals surface area (Å²) in [7, 11) is 0. The Morgan fingerprint density at radius 1 is 1.37 bits per heavy atom. The molecule has 19 heavy (non-hydrogen) atoms. The summed E-state index contributed by atoms with van der Waals surface area (Å²) >= 11 is 3.31. The van der Waals surface area contributed by atoms with Crippen molar-refractivity contribution in [2.45, 2.75) is 19.3 Å². The van der Waals surface area contributed by atoms with Gasteiger partial charge in [0.15, 0.2) is 0 Å². The van der Waals surface area contributed by atoms with Crippen LogP contribution >= 0.6 is 15.9 Å². The van der Waals surface area contributed by atoms with Crippen LogP contribution in [0.1, 0.15) is 35.3 Å². The molecule has 1 aromatic heterocycles. The van der Waals surface area contributed by atoms with E-state index in [4.69, 9.17) is 0 Å². The Morgan fingerprint density at radius 2 is 2.11 bits per heavy atom. The molecule has 0 bridgehead atoms. The van der Waals surface area contributed by atoms with Gasteiger partial charge in [-0.2, -0.15) is 0 Å². The summed E-state index contributed by atoms with van der Waals surface area (Å²) in [6, 6.07) is 12.1. The second-order valence-electron chi connectivity index (χ2n) is 4.59. The quantitative estimate of drug-likeness (QED) is 0.866. The molecule has 0 saturated carbocycles. The Morgan fingerprint density at radius 3 is 2.74 bits per heavy atom. The van der Waals surface area contributed by atoms with Gasteiger partial charge in [0, 0.05) is 17.2 Å². The van der Waals surface area contributed by atoms with Crippen molar-refractivity contribution in [2.24, 2.45) is 0 Å². The summed E-state index contributed by atoms with van der Waals surface area (Å²) < 4.78 is 0.885. The van der Waals surface area contributed by atoms with Crippen molar-refractivity contribution in [1.82, 2.24) is 10.3 Å². The fraction of sp³-hybridized carbons (Fsp3) is 0.267. The Labute approximate surface area is 121 Å². The predicted molar refractivity (Wildman–Crippen MR) is 80.3 cm³/mol. The zero-order valence-corrected chi connectivity index (χ0v) is 12.4. The molecule has 4 heteroatoms. The number of halogens is 1. The highest BCUT2D eigenvalue weighted by Gasteiger charge is 2.09. The number of H-pyrrole nitrogens is 1. The topological polar surface area (TPSA) is 44.9 Å². The molecule has 1 atom stereocenters. The van der Waals surface area contributed by atoms with Crippen LogP contribution in [0.15, 0.2) is 47.1 Å². The van der Waals surface area contributed by atoms with Crippen LogP contribution < -0.4 is 5.32 Å². The lowest BCUT2D eigenvalue weighted by molar-refractivity contribution is 0.0948. The summed E-state index contributed by atoms with van der Waals surface area (Å²) in [6.07, 6.45) is 2.68. The molecular weight excluding hydrogens is 304 g/mol. The number of nitrogens with one attached hydrogen (secondary N) is 2. The molecule has 3 nitrogen and oxygen atoms in total. The van der Waals surface area contributed by atoms with Gasteiger partial charge in [-0.15, -0.1) is 0 Å². The van der Waals surface area contributed by atoms with Crippen LogP contribution in [-0.2, 0) is 0 Å². The Balaban J connectivity index is 1.79. The number of aromatic amines is 1. The maximum Gasteiger partial charge on any atom is 0.267 e. The molecule has 2 rings (SSSR count). The number of carbonyl (C=O) groups is 1. The fourth-order valence-corrected chi connectivity index (χ4v) is 2.29. The second-order valence-corrected chi connectivity index (χ2v) is 5.50. The van der Waals surface area contributed by atoms with E-state index in [1.54, 1.807) is 12.3 Å². The maximum absolute atomic E-state index is 11.8. The van der Waals surface area contributed by atoms with Crippen LogP contribution in [0.25, 0.3) is 0 Å². The van der Waals surface area contributed by atoms with Crippen LogP contribution in [-0.4, -0.2) is 17.4 Å². The van der Waals surface area contributed by atoms with E-state index >= 15 is 0 Å². The SMILES string of the molecule is CC(CCNC(=O)c1cc(Br)c[nH]1)c1ccccc1.